The van der Waals surface area contributed by atoms with Crippen LogP contribution >= 0.6 is 0 Å². The number of pyridine rings is 1. The highest BCUT2D eigenvalue weighted by atomic mass is 19.3. The van der Waals surface area contributed by atoms with Crippen molar-refractivity contribution in [2.45, 2.75) is 68.9 Å². The number of alkyl halides is 2. The standard InChI is InChI=1S/C45H49F2N11O4/c1-48-34-23-40(53-58-39(24-50-42(34)58)44(62)51-29-8-9-29)57-20-15-31-30(5-4-6-35(31)57)33-21-27(13-17-49-33)14-18-56-19-16-32(45(46,47)25-56)28-7-10-36(38(22-28)54(2)26-59)55(3)37-11-12-41(60)52-43(37)61/h4-7,10,13,17,21-24,26,29,32,37,48H,8-9,11-12,14-16,18-20,25H2,1-3H3,(H,51,62)(H,52,60,61). The molecule has 3 N–H and O–H groups in total. The van der Waals surface area contributed by atoms with E-state index in [1.165, 1.54) is 4.90 Å². The van der Waals surface area contributed by atoms with E-state index in [1.807, 2.05) is 36.2 Å². The zero-order chi connectivity index (χ0) is 43.3. The molecule has 15 nitrogen and oxygen atoms in total. The molecule has 0 radical (unpaired) electrons. The summed E-state index contributed by atoms with van der Waals surface area (Å²) in [5.41, 5.74) is 7.99. The number of amides is 4. The molecule has 2 unspecified atom stereocenters. The van der Waals surface area contributed by atoms with Crippen LogP contribution in [-0.2, 0) is 27.2 Å². The summed E-state index contributed by atoms with van der Waals surface area (Å²) >= 11 is 0. The summed E-state index contributed by atoms with van der Waals surface area (Å²) in [7, 11) is 5.07. The number of fused-ring (bicyclic) bond motifs is 2. The summed E-state index contributed by atoms with van der Waals surface area (Å²) in [5.74, 6) is -4.38. The summed E-state index contributed by atoms with van der Waals surface area (Å²) in [6, 6.07) is 16.6. The third kappa shape index (κ3) is 7.80. The highest BCUT2D eigenvalue weighted by molar-refractivity contribution is 6.02. The minimum Gasteiger partial charge on any atom is -0.385 e. The van der Waals surface area contributed by atoms with E-state index in [-0.39, 0.29) is 30.7 Å². The van der Waals surface area contributed by atoms with Gasteiger partial charge in [0.25, 0.3) is 11.8 Å². The Balaban J connectivity index is 0.884. The summed E-state index contributed by atoms with van der Waals surface area (Å²) < 4.78 is 33.8. The van der Waals surface area contributed by atoms with Gasteiger partial charge in [-0.1, -0.05) is 18.2 Å². The average molecular weight is 846 g/mol. The van der Waals surface area contributed by atoms with E-state index in [9.17, 15) is 19.2 Å². The van der Waals surface area contributed by atoms with Crippen molar-refractivity contribution in [1.82, 2.24) is 35.1 Å². The Bertz CT molecular complexity index is 2580. The maximum Gasteiger partial charge on any atom is 0.271 e. The Kier molecular flexibility index (Phi) is 10.8. The monoisotopic (exact) mass is 845 g/mol. The van der Waals surface area contributed by atoms with Gasteiger partial charge in [-0.05, 0) is 92.1 Å². The molecule has 1 aliphatic carbocycles. The molecule has 2 saturated heterocycles. The van der Waals surface area contributed by atoms with Crippen LogP contribution in [-0.4, -0.2) is 114 Å². The van der Waals surface area contributed by atoms with Crippen molar-refractivity contribution in [3.8, 4) is 11.3 Å². The second kappa shape index (κ2) is 16.4. The number of nitrogens with one attached hydrogen (secondary N) is 3. The van der Waals surface area contributed by atoms with Crippen LogP contribution in [0.5, 0.6) is 0 Å². The van der Waals surface area contributed by atoms with Crippen molar-refractivity contribution in [1.29, 1.82) is 0 Å². The molecule has 17 heteroatoms. The first-order chi connectivity index (χ1) is 29.9. The molecule has 3 aliphatic heterocycles. The Labute approximate surface area is 357 Å². The van der Waals surface area contributed by atoms with Crippen molar-refractivity contribution in [3.63, 3.8) is 0 Å². The molecule has 0 spiro atoms. The maximum absolute atomic E-state index is 16.1. The SMILES string of the molecule is CNc1cc(N2CCc3c(-c4cc(CCN5CCC(c6ccc(N(C)C7CCC(=O)NC7=O)c(N(C)C=O)c6)C(F)(F)C5)ccn4)cccc32)nn2c(C(=O)NC3CC3)cnc12. The second-order valence-corrected chi connectivity index (χ2v) is 16.7. The molecule has 4 amide bonds. The first-order valence-corrected chi connectivity index (χ1v) is 21.1. The number of anilines is 5. The van der Waals surface area contributed by atoms with Gasteiger partial charge in [-0.3, -0.25) is 34.4 Å². The second-order valence-electron chi connectivity index (χ2n) is 16.7. The number of aromatic nitrogens is 4. The number of likely N-dealkylation sites (tertiary alicyclic amines) is 1. The molecule has 62 heavy (non-hydrogen) atoms. The van der Waals surface area contributed by atoms with Crippen molar-refractivity contribution < 1.29 is 28.0 Å². The predicted molar refractivity (Wildman–Crippen MR) is 231 cm³/mol. The smallest absolute Gasteiger partial charge is 0.271 e. The fourth-order valence-electron chi connectivity index (χ4n) is 9.12. The highest BCUT2D eigenvalue weighted by Gasteiger charge is 2.45. The quantitative estimate of drug-likeness (QED) is 0.109. The van der Waals surface area contributed by atoms with E-state index < -0.39 is 30.3 Å². The molecule has 4 aliphatic rings. The molecule has 3 aromatic heterocycles. The minimum atomic E-state index is -3.04. The lowest BCUT2D eigenvalue weighted by Gasteiger charge is -2.39. The number of imidazole rings is 1. The number of benzene rings is 2. The molecule has 3 fully saturated rings. The predicted octanol–water partition coefficient (Wildman–Crippen LogP) is 4.92. The highest BCUT2D eigenvalue weighted by Crippen LogP contribution is 2.44. The molecule has 6 heterocycles. The van der Waals surface area contributed by atoms with Gasteiger partial charge in [0.05, 0.1) is 41.4 Å². The Morgan fingerprint density at radius 1 is 1.00 bits per heavy atom. The van der Waals surface area contributed by atoms with Crippen molar-refractivity contribution in [2.24, 2.45) is 0 Å². The van der Waals surface area contributed by atoms with Crippen LogP contribution in [0, 0.1) is 0 Å². The van der Waals surface area contributed by atoms with Crippen LogP contribution in [0.25, 0.3) is 16.9 Å². The van der Waals surface area contributed by atoms with E-state index in [0.717, 1.165) is 53.0 Å². The number of carbonyl (C=O) groups excluding carboxylic acids is 4. The number of carbonyl (C=O) groups is 4. The van der Waals surface area contributed by atoms with Gasteiger partial charge in [0, 0.05) is 70.2 Å². The first kappa shape index (κ1) is 40.9. The zero-order valence-corrected chi connectivity index (χ0v) is 34.9. The van der Waals surface area contributed by atoms with Crippen LogP contribution in [0.3, 0.4) is 0 Å². The van der Waals surface area contributed by atoms with Gasteiger partial charge in [-0.15, -0.1) is 5.10 Å². The van der Waals surface area contributed by atoms with Crippen molar-refractivity contribution in [2.75, 3.05) is 67.3 Å². The van der Waals surface area contributed by atoms with Gasteiger partial charge in [-0.25, -0.2) is 18.3 Å². The van der Waals surface area contributed by atoms with E-state index >= 15 is 8.78 Å². The largest absolute Gasteiger partial charge is 0.385 e. The Morgan fingerprint density at radius 3 is 2.60 bits per heavy atom. The fraction of sp³-hybridized carbons (Fsp3) is 0.400. The number of hydrogen-bond donors (Lipinski definition) is 3. The van der Waals surface area contributed by atoms with Crippen LogP contribution in [0.4, 0.5) is 37.3 Å². The normalized spacial score (nSPS) is 19.9. The number of likely N-dealkylation sites (N-methyl/N-ethyl adjacent to an activating group) is 1. The van der Waals surface area contributed by atoms with Crippen LogP contribution < -0.4 is 30.7 Å². The Morgan fingerprint density at radius 2 is 1.84 bits per heavy atom. The molecule has 322 valence electrons. The average Bonchev–Trinajstić information content (AvgIpc) is 3.80. The molecule has 9 rings (SSSR count). The van der Waals surface area contributed by atoms with E-state index in [1.54, 1.807) is 54.1 Å². The summed E-state index contributed by atoms with van der Waals surface area (Å²) in [6.07, 6.45) is 7.93. The summed E-state index contributed by atoms with van der Waals surface area (Å²) in [4.78, 5) is 65.6. The van der Waals surface area contributed by atoms with E-state index in [4.69, 9.17) is 10.1 Å². The van der Waals surface area contributed by atoms with Gasteiger partial charge < -0.3 is 25.3 Å². The van der Waals surface area contributed by atoms with Crippen LogP contribution in [0.15, 0.2) is 67.0 Å². The van der Waals surface area contributed by atoms with E-state index in [0.29, 0.717) is 73.0 Å². The lowest BCUT2D eigenvalue weighted by molar-refractivity contribution is -0.134. The molecule has 0 bridgehead atoms. The third-order valence-corrected chi connectivity index (χ3v) is 12.7. The number of hydrogen-bond acceptors (Lipinski definition) is 11. The number of halogens is 2. The van der Waals surface area contributed by atoms with Gasteiger partial charge in [0.2, 0.25) is 18.2 Å². The van der Waals surface area contributed by atoms with Gasteiger partial charge in [-0.2, -0.15) is 0 Å². The topological polar surface area (TPSA) is 160 Å². The zero-order valence-electron chi connectivity index (χ0n) is 34.9. The first-order valence-electron chi connectivity index (χ1n) is 21.1. The lowest BCUT2D eigenvalue weighted by Crippen LogP contribution is -2.51. The van der Waals surface area contributed by atoms with Gasteiger partial charge in [0.15, 0.2) is 17.2 Å². The molecule has 5 aromatic rings. The van der Waals surface area contributed by atoms with Crippen molar-refractivity contribution >= 4 is 58.3 Å². The minimum absolute atomic E-state index is 0.187. The number of rotatable bonds is 13. The summed E-state index contributed by atoms with van der Waals surface area (Å²) in [6.45, 7) is 1.18. The fourth-order valence-corrected chi connectivity index (χ4v) is 9.12. The third-order valence-electron chi connectivity index (χ3n) is 12.7. The number of nitrogens with zero attached hydrogens (tertiary/aromatic N) is 8. The van der Waals surface area contributed by atoms with Crippen LogP contribution in [0.1, 0.15) is 65.2 Å². The maximum atomic E-state index is 16.1. The van der Waals surface area contributed by atoms with Gasteiger partial charge >= 0.3 is 0 Å². The van der Waals surface area contributed by atoms with Gasteiger partial charge in [0.1, 0.15) is 6.04 Å². The Hall–Kier alpha value is -6.49. The number of imide groups is 1. The molecule has 2 aromatic carbocycles. The van der Waals surface area contributed by atoms with E-state index in [2.05, 4.69) is 38.0 Å². The number of piperidine rings is 2. The molecular formula is C45H49F2N11O4. The summed E-state index contributed by atoms with van der Waals surface area (Å²) in [5, 5.41) is 13.5. The molecular weight excluding hydrogens is 797 g/mol. The lowest BCUT2D eigenvalue weighted by atomic mass is 9.85. The molecule has 2 atom stereocenters. The molecule has 1 saturated carbocycles. The van der Waals surface area contributed by atoms with Crippen LogP contribution in [0.2, 0.25) is 0 Å². The van der Waals surface area contributed by atoms with Crippen molar-refractivity contribution in [3.05, 3.63) is 89.4 Å².